The Labute approximate surface area is 246 Å². The molecule has 0 unspecified atom stereocenters. The van der Waals surface area contributed by atoms with Gasteiger partial charge in [-0.05, 0) is 69.6 Å². The summed E-state index contributed by atoms with van der Waals surface area (Å²) in [5, 5.41) is 21.6. The Bertz CT molecular complexity index is 1850. The van der Waals surface area contributed by atoms with Crippen LogP contribution in [0.2, 0.25) is 0 Å². The molecule has 0 atom stereocenters. The Hall–Kier alpha value is -2.84. The van der Waals surface area contributed by atoms with E-state index in [1.165, 1.54) is 16.4 Å². The molecule has 3 aromatic rings. The third-order valence-electron chi connectivity index (χ3n) is 7.85. The van der Waals surface area contributed by atoms with Crippen LogP contribution in [-0.4, -0.2) is 65.0 Å². The molecule has 0 saturated heterocycles. The standard InChI is InChI=1S/C26H29F2N7O4S3/c1-15(2)42(38,39)34-9-5-17(6-10-34)19-11-18(41(36,37)33-26(14-29)7-8-26)12-20-21(19)32-35(13-16-3-4-16)22(20)24-30-31-25(40-24)23(27)28/h5,11-12,15-16,23,33H,3-4,6-10,13H2,1-2H3. The summed E-state index contributed by atoms with van der Waals surface area (Å²) in [5.74, 6) is 0.350. The molecule has 0 radical (unpaired) electrons. The van der Waals surface area contributed by atoms with Crippen LogP contribution in [0.4, 0.5) is 8.78 Å². The van der Waals surface area contributed by atoms with Crippen molar-refractivity contribution in [1.29, 1.82) is 5.26 Å². The third-order valence-corrected chi connectivity index (χ3v) is 12.5. The minimum atomic E-state index is -4.17. The number of hydrogen-bond acceptors (Lipinski definition) is 9. The lowest BCUT2D eigenvalue weighted by molar-refractivity contribution is 0.150. The normalized spacial score (nSPS) is 19.4. The molecule has 3 aliphatic rings. The number of halogens is 2. The van der Waals surface area contributed by atoms with Gasteiger partial charge in [0.1, 0.15) is 16.7 Å². The molecule has 11 nitrogen and oxygen atoms in total. The summed E-state index contributed by atoms with van der Waals surface area (Å²) in [4.78, 5) is -0.101. The number of alkyl halides is 2. The van der Waals surface area contributed by atoms with Gasteiger partial charge in [-0.2, -0.15) is 19.4 Å². The molecule has 42 heavy (non-hydrogen) atoms. The van der Waals surface area contributed by atoms with E-state index in [2.05, 4.69) is 14.9 Å². The lowest BCUT2D eigenvalue weighted by atomic mass is 9.97. The second-order valence-corrected chi connectivity index (χ2v) is 16.5. The largest absolute Gasteiger partial charge is 0.291 e. The molecule has 0 spiro atoms. The molecular formula is C26H29F2N7O4S3. The quantitative estimate of drug-likeness (QED) is 0.350. The van der Waals surface area contributed by atoms with Gasteiger partial charge in [-0.3, -0.25) is 4.68 Å². The van der Waals surface area contributed by atoms with Crippen molar-refractivity contribution in [3.05, 3.63) is 28.8 Å². The maximum atomic E-state index is 13.6. The molecule has 0 amide bonds. The minimum Gasteiger partial charge on any atom is -0.261 e. The van der Waals surface area contributed by atoms with Gasteiger partial charge in [0.25, 0.3) is 6.43 Å². The predicted molar refractivity (Wildman–Crippen MR) is 152 cm³/mol. The first-order valence-corrected chi connectivity index (χ1v) is 17.4. The van der Waals surface area contributed by atoms with Crippen molar-refractivity contribution in [3.63, 3.8) is 0 Å². The molecule has 2 aliphatic carbocycles. The van der Waals surface area contributed by atoms with Crippen LogP contribution in [0, 0.1) is 17.2 Å². The van der Waals surface area contributed by atoms with Crippen LogP contribution in [0.3, 0.4) is 0 Å². The number of sulfonamides is 2. The molecule has 16 heteroatoms. The van der Waals surface area contributed by atoms with Crippen molar-refractivity contribution in [2.24, 2.45) is 5.92 Å². The van der Waals surface area contributed by atoms with E-state index >= 15 is 0 Å². The topological polar surface area (TPSA) is 151 Å². The van der Waals surface area contributed by atoms with E-state index in [-0.39, 0.29) is 23.0 Å². The molecule has 2 saturated carbocycles. The zero-order chi connectivity index (χ0) is 30.0. The van der Waals surface area contributed by atoms with Gasteiger partial charge in [0, 0.05) is 30.6 Å². The minimum absolute atomic E-state index is 0.101. The molecule has 2 aromatic heterocycles. The molecule has 224 valence electrons. The molecule has 1 aromatic carbocycles. The maximum Gasteiger partial charge on any atom is 0.291 e. The van der Waals surface area contributed by atoms with Gasteiger partial charge in [-0.1, -0.05) is 17.4 Å². The van der Waals surface area contributed by atoms with Crippen molar-refractivity contribution in [1.82, 2.24) is 29.0 Å². The Balaban J connectivity index is 1.53. The van der Waals surface area contributed by atoms with Crippen LogP contribution in [0.15, 0.2) is 23.1 Å². The van der Waals surface area contributed by atoms with E-state index in [0.717, 1.165) is 29.8 Å². The fraction of sp³-hybridized carbons (Fsp3) is 0.538. The fourth-order valence-corrected chi connectivity index (χ4v) is 8.44. The lowest BCUT2D eigenvalue weighted by Gasteiger charge is -2.27. The Morgan fingerprint density at radius 2 is 1.93 bits per heavy atom. The van der Waals surface area contributed by atoms with Crippen molar-refractivity contribution < 1.29 is 25.6 Å². The first kappa shape index (κ1) is 29.2. The van der Waals surface area contributed by atoms with Gasteiger partial charge in [-0.25, -0.2) is 25.6 Å². The second-order valence-electron chi connectivity index (χ2n) is 11.3. The number of rotatable bonds is 10. The Morgan fingerprint density at radius 3 is 2.48 bits per heavy atom. The SMILES string of the molecule is CC(C)S(=O)(=O)N1CC=C(c2cc(S(=O)(=O)NC3(C#N)CC3)cc3c(-c4nnc(C(F)F)s4)n(CC4CC4)nc23)CC1. The van der Waals surface area contributed by atoms with Crippen LogP contribution >= 0.6 is 11.3 Å². The highest BCUT2D eigenvalue weighted by atomic mass is 32.2. The monoisotopic (exact) mass is 637 g/mol. The third kappa shape index (κ3) is 5.37. The molecule has 2 fully saturated rings. The number of nitriles is 1. The van der Waals surface area contributed by atoms with Crippen molar-refractivity contribution in [2.75, 3.05) is 13.1 Å². The van der Waals surface area contributed by atoms with Crippen LogP contribution < -0.4 is 4.72 Å². The molecule has 1 N–H and O–H groups in total. The first-order valence-electron chi connectivity index (χ1n) is 13.6. The van der Waals surface area contributed by atoms with Crippen molar-refractivity contribution in [2.45, 2.75) is 74.6 Å². The molecular weight excluding hydrogens is 609 g/mol. The van der Waals surface area contributed by atoms with Gasteiger partial charge in [-0.15, -0.1) is 10.2 Å². The maximum absolute atomic E-state index is 13.6. The number of nitrogens with zero attached hydrogens (tertiary/aromatic N) is 6. The van der Waals surface area contributed by atoms with Crippen LogP contribution in [0.5, 0.6) is 0 Å². The van der Waals surface area contributed by atoms with Crippen LogP contribution in [0.1, 0.15) is 62.9 Å². The molecule has 1 aliphatic heterocycles. The summed E-state index contributed by atoms with van der Waals surface area (Å²) < 4.78 is 85.3. The summed E-state index contributed by atoms with van der Waals surface area (Å²) in [6.07, 6.45) is 2.05. The van der Waals surface area contributed by atoms with E-state index in [4.69, 9.17) is 5.10 Å². The Kier molecular flexibility index (Phi) is 7.25. The number of benzene rings is 1. The van der Waals surface area contributed by atoms with Gasteiger partial charge in [0.05, 0.1) is 16.2 Å². The van der Waals surface area contributed by atoms with Gasteiger partial charge < -0.3 is 0 Å². The zero-order valence-electron chi connectivity index (χ0n) is 22.9. The van der Waals surface area contributed by atoms with E-state index in [9.17, 15) is 30.9 Å². The highest BCUT2D eigenvalue weighted by Crippen LogP contribution is 2.42. The average molecular weight is 638 g/mol. The zero-order valence-corrected chi connectivity index (χ0v) is 25.4. The Morgan fingerprint density at radius 1 is 1.19 bits per heavy atom. The van der Waals surface area contributed by atoms with Crippen molar-refractivity contribution >= 4 is 47.9 Å². The summed E-state index contributed by atoms with van der Waals surface area (Å²) in [5.41, 5.74) is 0.939. The molecule has 6 rings (SSSR count). The summed E-state index contributed by atoms with van der Waals surface area (Å²) in [6.45, 7) is 4.07. The van der Waals surface area contributed by atoms with E-state index in [0.29, 0.717) is 53.9 Å². The fourth-order valence-electron chi connectivity index (χ4n) is 5.03. The highest BCUT2D eigenvalue weighted by molar-refractivity contribution is 7.90. The molecule has 3 heterocycles. The summed E-state index contributed by atoms with van der Waals surface area (Å²) >= 11 is 0.730. The van der Waals surface area contributed by atoms with Crippen molar-refractivity contribution in [3.8, 4) is 16.8 Å². The summed E-state index contributed by atoms with van der Waals surface area (Å²) in [7, 11) is -7.66. The van der Waals surface area contributed by atoms with Gasteiger partial charge >= 0.3 is 0 Å². The highest BCUT2D eigenvalue weighted by Gasteiger charge is 2.47. The smallest absolute Gasteiger partial charge is 0.261 e. The number of aromatic nitrogens is 4. The van der Waals surface area contributed by atoms with Crippen LogP contribution in [-0.2, 0) is 26.6 Å². The van der Waals surface area contributed by atoms with E-state index in [1.54, 1.807) is 24.6 Å². The van der Waals surface area contributed by atoms with Gasteiger partial charge in [0.15, 0.2) is 10.0 Å². The predicted octanol–water partition coefficient (Wildman–Crippen LogP) is 4.06. The number of nitrogens with one attached hydrogen (secondary N) is 1. The lowest BCUT2D eigenvalue weighted by Crippen LogP contribution is -2.39. The number of fused-ring (bicyclic) bond motifs is 1. The first-order chi connectivity index (χ1) is 19.8. The van der Waals surface area contributed by atoms with E-state index in [1.807, 2.05) is 6.07 Å². The average Bonchev–Trinajstić information content (AvgIpc) is 3.83. The van der Waals surface area contributed by atoms with Gasteiger partial charge in [0.2, 0.25) is 20.0 Å². The summed E-state index contributed by atoms with van der Waals surface area (Å²) in [6, 6.07) is 4.98. The second kappa shape index (κ2) is 10.4. The van der Waals surface area contributed by atoms with Crippen LogP contribution in [0.25, 0.3) is 27.2 Å². The van der Waals surface area contributed by atoms with E-state index < -0.39 is 42.3 Å². The molecule has 0 bridgehead atoms. The number of hydrogen-bond donors (Lipinski definition) is 1.